The van der Waals surface area contributed by atoms with Crippen LogP contribution in [0.25, 0.3) is 17.1 Å². The van der Waals surface area contributed by atoms with Crippen molar-refractivity contribution in [3.8, 4) is 22.8 Å². The van der Waals surface area contributed by atoms with Crippen molar-refractivity contribution in [1.29, 1.82) is 0 Å². The molecule has 2 aromatic carbocycles. The predicted octanol–water partition coefficient (Wildman–Crippen LogP) is 4.47. The number of methoxy groups -OCH3 is 1. The van der Waals surface area contributed by atoms with Crippen LogP contribution < -0.4 is 4.74 Å². The fourth-order valence-corrected chi connectivity index (χ4v) is 3.64. The van der Waals surface area contributed by atoms with Crippen molar-refractivity contribution in [2.45, 2.75) is 31.2 Å². The van der Waals surface area contributed by atoms with Crippen LogP contribution in [0.4, 0.5) is 0 Å². The topological polar surface area (TPSA) is 69.4 Å². The van der Waals surface area contributed by atoms with Crippen molar-refractivity contribution in [2.75, 3.05) is 19.5 Å². The molecule has 8 heteroatoms. The van der Waals surface area contributed by atoms with Gasteiger partial charge < -0.3 is 14.6 Å². The summed E-state index contributed by atoms with van der Waals surface area (Å²) in [7, 11) is 1.63. The zero-order valence-corrected chi connectivity index (χ0v) is 18.2. The van der Waals surface area contributed by atoms with Crippen LogP contribution >= 0.6 is 23.4 Å². The maximum Gasteiger partial charge on any atom is 0.196 e. The smallest absolute Gasteiger partial charge is 0.196 e. The molecule has 0 saturated heterocycles. The highest BCUT2D eigenvalue weighted by molar-refractivity contribution is 7.99. The molecular formula is C21H24ClN3O3S. The van der Waals surface area contributed by atoms with E-state index in [9.17, 15) is 5.11 Å². The zero-order chi connectivity index (χ0) is 20.8. The highest BCUT2D eigenvalue weighted by Gasteiger charge is 2.18. The van der Waals surface area contributed by atoms with Gasteiger partial charge in [0, 0.05) is 22.0 Å². The van der Waals surface area contributed by atoms with Crippen molar-refractivity contribution in [3.63, 3.8) is 0 Å². The van der Waals surface area contributed by atoms with Gasteiger partial charge in [-0.15, -0.1) is 10.2 Å². The molecule has 1 heterocycles. The molecule has 3 aromatic rings. The first kappa shape index (κ1) is 21.6. The number of aromatic nitrogens is 3. The van der Waals surface area contributed by atoms with E-state index in [4.69, 9.17) is 21.1 Å². The molecule has 0 aliphatic rings. The van der Waals surface area contributed by atoms with Gasteiger partial charge in [-0.05, 0) is 50.2 Å². The van der Waals surface area contributed by atoms with Crippen LogP contribution in [0, 0.1) is 0 Å². The summed E-state index contributed by atoms with van der Waals surface area (Å²) in [6.45, 7) is 4.16. The summed E-state index contributed by atoms with van der Waals surface area (Å²) in [5, 5.41) is 20.3. The molecule has 1 unspecified atom stereocenters. The van der Waals surface area contributed by atoms with Gasteiger partial charge in [-0.1, -0.05) is 35.5 Å². The molecule has 0 amide bonds. The van der Waals surface area contributed by atoms with Gasteiger partial charge in [0.2, 0.25) is 0 Å². The van der Waals surface area contributed by atoms with Gasteiger partial charge >= 0.3 is 0 Å². The third-order valence-electron chi connectivity index (χ3n) is 4.07. The third-order valence-corrected chi connectivity index (χ3v) is 5.40. The molecule has 0 aliphatic carbocycles. The Morgan fingerprint density at radius 2 is 1.90 bits per heavy atom. The van der Waals surface area contributed by atoms with E-state index in [-0.39, 0.29) is 12.7 Å². The van der Waals surface area contributed by atoms with Gasteiger partial charge in [-0.3, -0.25) is 4.57 Å². The summed E-state index contributed by atoms with van der Waals surface area (Å²) >= 11 is 7.49. The average molecular weight is 434 g/mol. The number of aliphatic hydroxyl groups is 1. The molecule has 1 aromatic heterocycles. The lowest BCUT2D eigenvalue weighted by Gasteiger charge is -2.14. The normalized spacial score (nSPS) is 12.3. The molecule has 0 bridgehead atoms. The lowest BCUT2D eigenvalue weighted by molar-refractivity contribution is 0.0152. The van der Waals surface area contributed by atoms with Gasteiger partial charge in [-0.2, -0.15) is 0 Å². The first-order valence-electron chi connectivity index (χ1n) is 9.26. The molecular weight excluding hydrogens is 410 g/mol. The summed E-state index contributed by atoms with van der Waals surface area (Å²) in [5.41, 5.74) is 1.76. The summed E-state index contributed by atoms with van der Waals surface area (Å²) in [4.78, 5) is 0. The van der Waals surface area contributed by atoms with Crippen molar-refractivity contribution in [3.05, 3.63) is 53.6 Å². The van der Waals surface area contributed by atoms with Crippen LogP contribution in [0.5, 0.6) is 5.75 Å². The van der Waals surface area contributed by atoms with Crippen LogP contribution in [0.2, 0.25) is 5.02 Å². The highest BCUT2D eigenvalue weighted by atomic mass is 35.5. The van der Waals surface area contributed by atoms with Gasteiger partial charge in [0.25, 0.3) is 0 Å². The predicted molar refractivity (Wildman–Crippen MR) is 116 cm³/mol. The molecule has 1 atom stereocenters. The monoisotopic (exact) mass is 433 g/mol. The summed E-state index contributed by atoms with van der Waals surface area (Å²) in [6.07, 6.45) is -0.523. The zero-order valence-electron chi connectivity index (χ0n) is 16.6. The Hall–Kier alpha value is -2.06. The molecule has 1 N–H and O–H groups in total. The lowest BCUT2D eigenvalue weighted by atomic mass is 10.2. The van der Waals surface area contributed by atoms with Crippen molar-refractivity contribution in [2.24, 2.45) is 0 Å². The summed E-state index contributed by atoms with van der Waals surface area (Å²) in [6, 6.07) is 15.1. The Morgan fingerprint density at radius 1 is 1.14 bits per heavy atom. The van der Waals surface area contributed by atoms with Gasteiger partial charge in [-0.25, -0.2) is 0 Å². The van der Waals surface area contributed by atoms with Crippen molar-refractivity contribution >= 4 is 23.4 Å². The molecule has 6 nitrogen and oxygen atoms in total. The molecule has 0 fully saturated rings. The Balaban J connectivity index is 1.92. The second kappa shape index (κ2) is 10.1. The molecule has 3 rings (SSSR count). The van der Waals surface area contributed by atoms with Crippen LogP contribution in [0.15, 0.2) is 53.7 Å². The SMILES string of the molecule is COc1cccc(-c2nnc(SCC(O)COC(C)C)n2-c2ccc(Cl)cc2)c1. The molecule has 0 saturated carbocycles. The van der Waals surface area contributed by atoms with E-state index in [0.717, 1.165) is 17.0 Å². The van der Waals surface area contributed by atoms with E-state index in [2.05, 4.69) is 10.2 Å². The van der Waals surface area contributed by atoms with E-state index < -0.39 is 6.10 Å². The Labute approximate surface area is 179 Å². The quantitative estimate of drug-likeness (QED) is 0.502. The van der Waals surface area contributed by atoms with Crippen LogP contribution in [0.1, 0.15) is 13.8 Å². The van der Waals surface area contributed by atoms with E-state index in [1.54, 1.807) is 7.11 Å². The second-order valence-corrected chi connectivity index (χ2v) is 8.12. The van der Waals surface area contributed by atoms with Gasteiger partial charge in [0.15, 0.2) is 11.0 Å². The molecule has 0 aliphatic heterocycles. The maximum atomic E-state index is 10.2. The largest absolute Gasteiger partial charge is 0.497 e. The summed E-state index contributed by atoms with van der Waals surface area (Å²) in [5.74, 6) is 1.86. The molecule has 0 radical (unpaired) electrons. The number of thioether (sulfide) groups is 1. The standard InChI is InChI=1S/C21H24ClN3O3S/c1-14(2)28-12-18(26)13-29-21-24-23-20(15-5-4-6-19(11-15)27-3)25(21)17-9-7-16(22)8-10-17/h4-11,14,18,26H,12-13H2,1-3H3. The first-order valence-corrected chi connectivity index (χ1v) is 10.6. The number of benzene rings is 2. The fraction of sp³-hybridized carbons (Fsp3) is 0.333. The minimum absolute atomic E-state index is 0.0760. The van der Waals surface area contributed by atoms with Crippen LogP contribution in [-0.2, 0) is 4.74 Å². The van der Waals surface area contributed by atoms with E-state index >= 15 is 0 Å². The Kier molecular flexibility index (Phi) is 7.55. The van der Waals surface area contributed by atoms with Crippen LogP contribution in [0.3, 0.4) is 0 Å². The number of hydrogen-bond donors (Lipinski definition) is 1. The molecule has 29 heavy (non-hydrogen) atoms. The number of halogens is 1. The average Bonchev–Trinajstić information content (AvgIpc) is 3.15. The highest BCUT2D eigenvalue weighted by Crippen LogP contribution is 2.30. The van der Waals surface area contributed by atoms with E-state index in [0.29, 0.717) is 21.8 Å². The minimum Gasteiger partial charge on any atom is -0.497 e. The number of ether oxygens (including phenoxy) is 2. The third kappa shape index (κ3) is 5.73. The minimum atomic E-state index is -0.599. The Bertz CT molecular complexity index is 931. The number of aliphatic hydroxyl groups excluding tert-OH is 1. The fourth-order valence-electron chi connectivity index (χ4n) is 2.66. The Morgan fingerprint density at radius 3 is 2.59 bits per heavy atom. The van der Waals surface area contributed by atoms with E-state index in [1.807, 2.05) is 66.9 Å². The maximum absolute atomic E-state index is 10.2. The van der Waals surface area contributed by atoms with Crippen LogP contribution in [-0.4, -0.2) is 51.5 Å². The van der Waals surface area contributed by atoms with Gasteiger partial charge in [0.05, 0.1) is 25.9 Å². The number of nitrogens with zero attached hydrogens (tertiary/aromatic N) is 3. The molecule has 154 valence electrons. The van der Waals surface area contributed by atoms with Crippen molar-refractivity contribution in [1.82, 2.24) is 14.8 Å². The first-order chi connectivity index (χ1) is 14.0. The van der Waals surface area contributed by atoms with Gasteiger partial charge in [0.1, 0.15) is 5.75 Å². The lowest BCUT2D eigenvalue weighted by Crippen LogP contribution is -2.20. The second-order valence-electron chi connectivity index (χ2n) is 6.70. The summed E-state index contributed by atoms with van der Waals surface area (Å²) < 4.78 is 12.8. The number of rotatable bonds is 9. The molecule has 0 spiro atoms. The van der Waals surface area contributed by atoms with Crippen molar-refractivity contribution < 1.29 is 14.6 Å². The van der Waals surface area contributed by atoms with E-state index in [1.165, 1.54) is 11.8 Å². The number of hydrogen-bond acceptors (Lipinski definition) is 6.